The van der Waals surface area contributed by atoms with Crippen molar-refractivity contribution < 1.29 is 22.3 Å². The third-order valence-corrected chi connectivity index (χ3v) is 5.96. The maximum Gasteiger partial charge on any atom is 0.338 e. The summed E-state index contributed by atoms with van der Waals surface area (Å²) in [6, 6.07) is 11.5. The second kappa shape index (κ2) is 7.33. The number of nitrogens with zero attached hydrogens (tertiary/aromatic N) is 1. The van der Waals surface area contributed by atoms with Crippen LogP contribution in [0.3, 0.4) is 0 Å². The van der Waals surface area contributed by atoms with Gasteiger partial charge in [0.25, 0.3) is 0 Å². The van der Waals surface area contributed by atoms with Gasteiger partial charge < -0.3 is 4.74 Å². The summed E-state index contributed by atoms with van der Waals surface area (Å²) in [6.45, 7) is 1.00. The molecule has 0 N–H and O–H groups in total. The summed E-state index contributed by atoms with van der Waals surface area (Å²) >= 11 is 0. The minimum Gasteiger partial charge on any atom is -0.457 e. The summed E-state index contributed by atoms with van der Waals surface area (Å²) in [7, 11) is -3.50. The van der Waals surface area contributed by atoms with E-state index in [1.807, 2.05) is 0 Å². The topological polar surface area (TPSA) is 63.7 Å². The molecule has 132 valence electrons. The Bertz CT molecular complexity index is 859. The summed E-state index contributed by atoms with van der Waals surface area (Å²) < 4.78 is 44.5. The Kier molecular flexibility index (Phi) is 5.15. The molecule has 0 radical (unpaired) electrons. The monoisotopic (exact) mass is 363 g/mol. The Morgan fingerprint density at radius 3 is 2.40 bits per heavy atom. The molecule has 1 heterocycles. The Morgan fingerprint density at radius 1 is 1.08 bits per heavy atom. The van der Waals surface area contributed by atoms with E-state index in [-0.39, 0.29) is 17.1 Å². The summed E-state index contributed by atoms with van der Waals surface area (Å²) in [5.74, 6) is -0.987. The van der Waals surface area contributed by atoms with Gasteiger partial charge in [0.1, 0.15) is 12.4 Å². The third kappa shape index (κ3) is 4.05. The van der Waals surface area contributed by atoms with E-state index >= 15 is 0 Å². The van der Waals surface area contributed by atoms with Crippen molar-refractivity contribution in [2.45, 2.75) is 24.3 Å². The molecule has 0 saturated carbocycles. The maximum atomic E-state index is 13.1. The lowest BCUT2D eigenvalue weighted by atomic mass is 10.2. The lowest BCUT2D eigenvalue weighted by molar-refractivity contribution is 0.0472. The SMILES string of the molecule is O=C(OCc1cccc(F)c1)c1ccc(S(=O)(=O)N2CCCC2)cc1. The first kappa shape index (κ1) is 17.6. The molecule has 3 rings (SSSR count). The average Bonchev–Trinajstić information content (AvgIpc) is 3.15. The second-order valence-electron chi connectivity index (χ2n) is 5.84. The average molecular weight is 363 g/mol. The minimum absolute atomic E-state index is 0.0512. The molecule has 1 aliphatic heterocycles. The number of esters is 1. The van der Waals surface area contributed by atoms with Crippen LogP contribution in [0, 0.1) is 5.82 Å². The summed E-state index contributed by atoms with van der Waals surface area (Å²) in [4.78, 5) is 12.2. The number of ether oxygens (including phenoxy) is 1. The van der Waals surface area contributed by atoms with Gasteiger partial charge >= 0.3 is 5.97 Å². The van der Waals surface area contributed by atoms with Crippen molar-refractivity contribution in [3.05, 3.63) is 65.5 Å². The molecule has 5 nitrogen and oxygen atoms in total. The quantitative estimate of drug-likeness (QED) is 0.766. The van der Waals surface area contributed by atoms with E-state index in [1.165, 1.54) is 46.8 Å². The van der Waals surface area contributed by atoms with Gasteiger partial charge in [-0.25, -0.2) is 17.6 Å². The second-order valence-corrected chi connectivity index (χ2v) is 7.78. The molecule has 2 aromatic rings. The van der Waals surface area contributed by atoms with Gasteiger partial charge in [0.05, 0.1) is 10.5 Å². The van der Waals surface area contributed by atoms with Crippen LogP contribution in [0.5, 0.6) is 0 Å². The predicted octanol–water partition coefficient (Wildman–Crippen LogP) is 2.97. The molecule has 1 saturated heterocycles. The van der Waals surface area contributed by atoms with Gasteiger partial charge in [-0.05, 0) is 54.8 Å². The summed E-state index contributed by atoms with van der Waals surface area (Å²) in [6.07, 6.45) is 1.73. The first-order valence-electron chi connectivity index (χ1n) is 7.98. The molecule has 2 aromatic carbocycles. The fourth-order valence-electron chi connectivity index (χ4n) is 2.70. The zero-order chi connectivity index (χ0) is 17.9. The van der Waals surface area contributed by atoms with E-state index in [1.54, 1.807) is 6.07 Å². The number of carbonyl (C=O) groups excluding carboxylic acids is 1. The van der Waals surface area contributed by atoms with Crippen LogP contribution in [-0.4, -0.2) is 31.8 Å². The fourth-order valence-corrected chi connectivity index (χ4v) is 4.22. The molecule has 0 bridgehead atoms. The molecule has 1 aliphatic rings. The molecule has 0 spiro atoms. The zero-order valence-electron chi connectivity index (χ0n) is 13.5. The van der Waals surface area contributed by atoms with Crippen LogP contribution in [0.25, 0.3) is 0 Å². The standard InChI is InChI=1S/C18H18FNO4S/c19-16-5-3-4-14(12-16)13-24-18(21)15-6-8-17(9-7-15)25(22,23)20-10-1-2-11-20/h3-9,12H,1-2,10-11,13H2. The van der Waals surface area contributed by atoms with Gasteiger partial charge in [0.2, 0.25) is 10.0 Å². The van der Waals surface area contributed by atoms with Crippen molar-refractivity contribution in [1.29, 1.82) is 0 Å². The van der Waals surface area contributed by atoms with Gasteiger partial charge in [0.15, 0.2) is 0 Å². The molecule has 0 atom stereocenters. The highest BCUT2D eigenvalue weighted by molar-refractivity contribution is 7.89. The van der Waals surface area contributed by atoms with Crippen LogP contribution in [0.15, 0.2) is 53.4 Å². The number of hydrogen-bond acceptors (Lipinski definition) is 4. The molecular weight excluding hydrogens is 345 g/mol. The first-order valence-corrected chi connectivity index (χ1v) is 9.42. The lowest BCUT2D eigenvalue weighted by Crippen LogP contribution is -2.27. The molecular formula is C18H18FNO4S. The van der Waals surface area contributed by atoms with E-state index in [0.29, 0.717) is 18.7 Å². The Morgan fingerprint density at radius 2 is 1.76 bits per heavy atom. The number of hydrogen-bond donors (Lipinski definition) is 0. The van der Waals surface area contributed by atoms with Gasteiger partial charge in [-0.1, -0.05) is 12.1 Å². The van der Waals surface area contributed by atoms with Gasteiger partial charge in [-0.15, -0.1) is 0 Å². The predicted molar refractivity (Wildman–Crippen MR) is 90.0 cm³/mol. The first-order chi connectivity index (χ1) is 12.0. The van der Waals surface area contributed by atoms with Crippen molar-refractivity contribution in [2.75, 3.05) is 13.1 Å². The highest BCUT2D eigenvalue weighted by atomic mass is 32.2. The summed E-state index contributed by atoms with van der Waals surface area (Å²) in [5, 5.41) is 0. The van der Waals surface area contributed by atoms with Crippen molar-refractivity contribution in [3.8, 4) is 0 Å². The normalized spacial score (nSPS) is 15.2. The minimum atomic E-state index is -3.50. The van der Waals surface area contributed by atoms with Gasteiger partial charge in [-0.2, -0.15) is 4.31 Å². The number of halogens is 1. The van der Waals surface area contributed by atoms with Crippen molar-refractivity contribution >= 4 is 16.0 Å². The molecule has 0 unspecified atom stereocenters. The Labute approximate surface area is 146 Å². The molecule has 0 aliphatic carbocycles. The third-order valence-electron chi connectivity index (χ3n) is 4.05. The highest BCUT2D eigenvalue weighted by Crippen LogP contribution is 2.21. The smallest absolute Gasteiger partial charge is 0.338 e. The van der Waals surface area contributed by atoms with E-state index in [0.717, 1.165) is 12.8 Å². The summed E-state index contributed by atoms with van der Waals surface area (Å²) in [5.41, 5.74) is 0.790. The molecule has 1 fully saturated rings. The molecule has 25 heavy (non-hydrogen) atoms. The zero-order valence-corrected chi connectivity index (χ0v) is 14.3. The van der Waals surface area contributed by atoms with Crippen LogP contribution in [0.4, 0.5) is 4.39 Å². The molecule has 7 heteroatoms. The number of benzene rings is 2. The van der Waals surface area contributed by atoms with Crippen molar-refractivity contribution in [2.24, 2.45) is 0 Å². The van der Waals surface area contributed by atoms with Crippen LogP contribution >= 0.6 is 0 Å². The van der Waals surface area contributed by atoms with Gasteiger partial charge in [-0.3, -0.25) is 0 Å². The Hall–Kier alpha value is -2.25. The van der Waals surface area contributed by atoms with E-state index in [9.17, 15) is 17.6 Å². The van der Waals surface area contributed by atoms with Crippen LogP contribution in [0.2, 0.25) is 0 Å². The fraction of sp³-hybridized carbons (Fsp3) is 0.278. The van der Waals surface area contributed by atoms with Crippen LogP contribution in [-0.2, 0) is 21.4 Å². The molecule has 0 aromatic heterocycles. The van der Waals surface area contributed by atoms with E-state index in [4.69, 9.17) is 4.74 Å². The lowest BCUT2D eigenvalue weighted by Gasteiger charge is -2.15. The maximum absolute atomic E-state index is 13.1. The number of sulfonamides is 1. The highest BCUT2D eigenvalue weighted by Gasteiger charge is 2.27. The largest absolute Gasteiger partial charge is 0.457 e. The number of carbonyl (C=O) groups is 1. The van der Waals surface area contributed by atoms with Crippen LogP contribution in [0.1, 0.15) is 28.8 Å². The molecule has 0 amide bonds. The number of rotatable bonds is 5. The van der Waals surface area contributed by atoms with Gasteiger partial charge in [0, 0.05) is 13.1 Å². The Balaban J connectivity index is 1.66. The van der Waals surface area contributed by atoms with Crippen molar-refractivity contribution in [1.82, 2.24) is 4.31 Å². The van der Waals surface area contributed by atoms with E-state index < -0.39 is 21.8 Å². The van der Waals surface area contributed by atoms with Crippen molar-refractivity contribution in [3.63, 3.8) is 0 Å². The van der Waals surface area contributed by atoms with E-state index in [2.05, 4.69) is 0 Å². The van der Waals surface area contributed by atoms with Crippen LogP contribution < -0.4 is 0 Å².